The van der Waals surface area contributed by atoms with Crippen molar-refractivity contribution in [2.24, 2.45) is 0 Å². The van der Waals surface area contributed by atoms with E-state index in [2.05, 4.69) is 25.5 Å². The summed E-state index contributed by atoms with van der Waals surface area (Å²) in [4.78, 5) is 12.0. The van der Waals surface area contributed by atoms with Crippen molar-refractivity contribution in [1.29, 1.82) is 0 Å². The quantitative estimate of drug-likeness (QED) is 0.388. The van der Waals surface area contributed by atoms with Crippen LogP contribution in [-0.4, -0.2) is 27.0 Å². The van der Waals surface area contributed by atoms with Gasteiger partial charge in [0.1, 0.15) is 0 Å². The van der Waals surface area contributed by atoms with Gasteiger partial charge < -0.3 is 0 Å². The topological polar surface area (TPSA) is 32.3 Å². The first-order valence-corrected chi connectivity index (χ1v) is 10.1. The zero-order chi connectivity index (χ0) is 14.3. The molecule has 0 saturated heterocycles. The molecule has 1 N–H and O–H groups in total. The average Bonchev–Trinajstić information content (AvgIpc) is 2.42. The summed E-state index contributed by atoms with van der Waals surface area (Å²) in [5, 5.41) is 0. The molecule has 0 fully saturated rings. The summed E-state index contributed by atoms with van der Waals surface area (Å²) in [6, 6.07) is 0.0308. The zero-order valence-corrected chi connectivity index (χ0v) is 14.9. The number of nitrogens with one attached hydrogen (secondary N) is 1. The Morgan fingerprint density at radius 1 is 0.895 bits per heavy atom. The number of urea groups is 1. The third-order valence-electron chi connectivity index (χ3n) is 2.34. The van der Waals surface area contributed by atoms with E-state index >= 15 is 0 Å². The molecule has 0 unspecified atom stereocenters. The van der Waals surface area contributed by atoms with Crippen LogP contribution < -0.4 is 4.72 Å². The second-order valence-electron chi connectivity index (χ2n) is 4.24. The van der Waals surface area contributed by atoms with Crippen LogP contribution in [0.3, 0.4) is 0 Å². The van der Waals surface area contributed by atoms with Gasteiger partial charge in [0.2, 0.25) is 0 Å². The maximum absolute atomic E-state index is 12.0. The number of amides is 2. The number of hydrogen-bond acceptors (Lipinski definition) is 4. The molecule has 0 bridgehead atoms. The molecule has 3 nitrogen and oxygen atoms in total. The Kier molecular flexibility index (Phi) is 15.0. The molecule has 0 radical (unpaired) electrons. The Balaban J connectivity index is 3.94. The normalized spacial score (nSPS) is 10.5. The van der Waals surface area contributed by atoms with Crippen LogP contribution in [0, 0.1) is 0 Å². The van der Waals surface area contributed by atoms with E-state index < -0.39 is 0 Å². The summed E-state index contributed by atoms with van der Waals surface area (Å²) >= 11 is 4.80. The number of carbonyl (C=O) groups is 1. The molecule has 0 heterocycles. The van der Waals surface area contributed by atoms with Crippen LogP contribution in [0.15, 0.2) is 0 Å². The van der Waals surface area contributed by atoms with Gasteiger partial charge >= 0.3 is 6.03 Å². The molecule has 2 amide bonds. The standard InChI is InChI=1S/C13H28N2OS3/c1-4-7-10-17-14-13(16)15(18-11-8-5-2)19-12-9-6-3/h4-12H2,1-3H3,(H,14,16). The van der Waals surface area contributed by atoms with Crippen LogP contribution >= 0.6 is 35.8 Å². The van der Waals surface area contributed by atoms with E-state index in [0.717, 1.165) is 36.5 Å². The van der Waals surface area contributed by atoms with Crippen LogP contribution in [0.4, 0.5) is 4.79 Å². The number of nitrogens with zero attached hydrogens (tertiary/aromatic N) is 1. The Morgan fingerprint density at radius 2 is 1.37 bits per heavy atom. The fraction of sp³-hybridized carbons (Fsp3) is 0.923. The maximum Gasteiger partial charge on any atom is 0.347 e. The van der Waals surface area contributed by atoms with Gasteiger partial charge in [0.05, 0.1) is 0 Å². The fourth-order valence-electron chi connectivity index (χ4n) is 1.10. The molecule has 19 heavy (non-hydrogen) atoms. The first-order valence-electron chi connectivity index (χ1n) is 7.23. The number of unbranched alkanes of at least 4 members (excludes halogenated alkanes) is 3. The van der Waals surface area contributed by atoms with Crippen LogP contribution in [0.1, 0.15) is 59.3 Å². The molecule has 0 saturated carbocycles. The molecule has 0 aliphatic carbocycles. The van der Waals surface area contributed by atoms with Crippen molar-refractivity contribution in [2.45, 2.75) is 59.3 Å². The Bertz CT molecular complexity index is 208. The molecule has 6 heteroatoms. The molecule has 114 valence electrons. The minimum atomic E-state index is 0.0308. The minimum absolute atomic E-state index is 0.0308. The van der Waals surface area contributed by atoms with Crippen LogP contribution in [-0.2, 0) is 0 Å². The monoisotopic (exact) mass is 324 g/mol. The summed E-state index contributed by atoms with van der Waals surface area (Å²) in [6.45, 7) is 6.52. The summed E-state index contributed by atoms with van der Waals surface area (Å²) in [5.41, 5.74) is 0. The van der Waals surface area contributed by atoms with Gasteiger partial charge in [-0.1, -0.05) is 40.0 Å². The van der Waals surface area contributed by atoms with E-state index in [4.69, 9.17) is 0 Å². The smallest absolute Gasteiger partial charge is 0.280 e. The minimum Gasteiger partial charge on any atom is -0.280 e. The van der Waals surface area contributed by atoms with Crippen molar-refractivity contribution in [1.82, 2.24) is 8.43 Å². The lowest BCUT2D eigenvalue weighted by Gasteiger charge is -2.19. The van der Waals surface area contributed by atoms with E-state index in [1.807, 2.05) is 3.71 Å². The van der Waals surface area contributed by atoms with E-state index in [9.17, 15) is 4.79 Å². The molecule has 0 aromatic rings. The van der Waals surface area contributed by atoms with Crippen molar-refractivity contribution in [3.05, 3.63) is 0 Å². The van der Waals surface area contributed by atoms with Crippen molar-refractivity contribution in [3.63, 3.8) is 0 Å². The second-order valence-corrected chi connectivity index (χ2v) is 7.44. The highest BCUT2D eigenvalue weighted by molar-refractivity contribution is 8.12. The fourth-order valence-corrected chi connectivity index (χ4v) is 4.21. The summed E-state index contributed by atoms with van der Waals surface area (Å²) in [6.07, 6.45) is 6.98. The first kappa shape index (κ1) is 19.3. The molecule has 0 aromatic carbocycles. The largest absolute Gasteiger partial charge is 0.347 e. The third-order valence-corrected chi connectivity index (χ3v) is 5.53. The highest BCUT2D eigenvalue weighted by atomic mass is 32.2. The van der Waals surface area contributed by atoms with Gasteiger partial charge in [-0.15, -0.1) is 0 Å². The third kappa shape index (κ3) is 11.8. The predicted octanol–water partition coefficient (Wildman–Crippen LogP) is 5.34. The van der Waals surface area contributed by atoms with Crippen molar-refractivity contribution in [2.75, 3.05) is 17.3 Å². The summed E-state index contributed by atoms with van der Waals surface area (Å²) in [5.74, 6) is 3.03. The van der Waals surface area contributed by atoms with Gasteiger partial charge in [-0.05, 0) is 55.1 Å². The van der Waals surface area contributed by atoms with Gasteiger partial charge in [-0.3, -0.25) is 4.72 Å². The zero-order valence-electron chi connectivity index (χ0n) is 12.4. The molecular formula is C13H28N2OS3. The van der Waals surface area contributed by atoms with Gasteiger partial charge in [0, 0.05) is 17.3 Å². The van der Waals surface area contributed by atoms with Crippen LogP contribution in [0.2, 0.25) is 0 Å². The number of carbonyl (C=O) groups excluding carboxylic acids is 1. The maximum atomic E-state index is 12.0. The molecule has 0 aliphatic heterocycles. The highest BCUT2D eigenvalue weighted by Crippen LogP contribution is 2.24. The Morgan fingerprint density at radius 3 is 1.84 bits per heavy atom. The lowest BCUT2D eigenvalue weighted by molar-refractivity contribution is 0.244. The van der Waals surface area contributed by atoms with Crippen LogP contribution in [0.25, 0.3) is 0 Å². The van der Waals surface area contributed by atoms with Gasteiger partial charge in [-0.25, -0.2) is 8.51 Å². The SMILES string of the molecule is CCCCSNC(=O)N(SCCCC)SCCCC. The molecule has 0 atom stereocenters. The highest BCUT2D eigenvalue weighted by Gasteiger charge is 2.14. The van der Waals surface area contributed by atoms with Gasteiger partial charge in [0.15, 0.2) is 0 Å². The predicted molar refractivity (Wildman–Crippen MR) is 92.5 cm³/mol. The Hall–Kier alpha value is 0.320. The molecule has 0 spiro atoms. The van der Waals surface area contributed by atoms with Crippen molar-refractivity contribution >= 4 is 41.9 Å². The summed E-state index contributed by atoms with van der Waals surface area (Å²) in [7, 11) is 0. The van der Waals surface area contributed by atoms with Gasteiger partial charge in [0.25, 0.3) is 0 Å². The van der Waals surface area contributed by atoms with E-state index in [1.54, 1.807) is 23.9 Å². The van der Waals surface area contributed by atoms with E-state index in [1.165, 1.54) is 31.2 Å². The lowest BCUT2D eigenvalue weighted by atomic mass is 10.4. The van der Waals surface area contributed by atoms with E-state index in [0.29, 0.717) is 0 Å². The average molecular weight is 325 g/mol. The van der Waals surface area contributed by atoms with Crippen molar-refractivity contribution < 1.29 is 4.79 Å². The molecule has 0 rings (SSSR count). The molecule has 0 aromatic heterocycles. The van der Waals surface area contributed by atoms with Crippen LogP contribution in [0.5, 0.6) is 0 Å². The van der Waals surface area contributed by atoms with Crippen molar-refractivity contribution in [3.8, 4) is 0 Å². The first-order chi connectivity index (χ1) is 9.26. The second kappa shape index (κ2) is 14.7. The lowest BCUT2D eigenvalue weighted by Crippen LogP contribution is -2.27. The number of rotatable bonds is 12. The number of hydrogen-bond donors (Lipinski definition) is 1. The summed E-state index contributed by atoms with van der Waals surface area (Å²) < 4.78 is 4.76. The van der Waals surface area contributed by atoms with Gasteiger partial charge in [-0.2, -0.15) is 0 Å². The molecular weight excluding hydrogens is 296 g/mol. The Labute approximate surface area is 131 Å². The molecule has 0 aliphatic rings. The van der Waals surface area contributed by atoms with E-state index in [-0.39, 0.29) is 6.03 Å².